The Morgan fingerprint density at radius 2 is 2.06 bits per heavy atom. The Bertz CT molecular complexity index is 983. The van der Waals surface area contributed by atoms with Crippen LogP contribution >= 0.6 is 23.2 Å². The van der Waals surface area contributed by atoms with Crippen molar-refractivity contribution in [2.75, 3.05) is 20.1 Å². The molecular weight excluding hydrogens is 445 g/mol. The fraction of sp³-hybridized carbons (Fsp3) is 0.542. The summed E-state index contributed by atoms with van der Waals surface area (Å²) < 4.78 is 0. The van der Waals surface area contributed by atoms with Gasteiger partial charge in [-0.25, -0.2) is 14.8 Å². The van der Waals surface area contributed by atoms with Gasteiger partial charge in [-0.3, -0.25) is 0 Å². The highest BCUT2D eigenvalue weighted by Gasteiger charge is 2.33. The number of rotatable bonds is 5. The summed E-state index contributed by atoms with van der Waals surface area (Å²) in [5.74, 6) is 1.34. The normalized spacial score (nSPS) is 19.8. The zero-order valence-corrected chi connectivity index (χ0v) is 20.5. The third kappa shape index (κ3) is 5.19. The number of carbonyl (C=O) groups excluding carboxylic acids is 1. The minimum Gasteiger partial charge on any atom is -0.330 e. The molecule has 0 aliphatic carbocycles. The summed E-state index contributed by atoms with van der Waals surface area (Å²) in [4.78, 5) is 26.8. The topological polar surface area (TPSA) is 61.4 Å². The quantitative estimate of drug-likeness (QED) is 0.668. The van der Waals surface area contributed by atoms with Gasteiger partial charge in [0.25, 0.3) is 0 Å². The molecule has 0 unspecified atom stereocenters. The van der Waals surface area contributed by atoms with Crippen molar-refractivity contribution in [2.24, 2.45) is 5.92 Å². The van der Waals surface area contributed by atoms with E-state index in [0.717, 1.165) is 54.9 Å². The third-order valence-electron chi connectivity index (χ3n) is 6.42. The highest BCUT2D eigenvalue weighted by atomic mass is 35.5. The molecule has 0 saturated carbocycles. The smallest absolute Gasteiger partial charge is 0.318 e. The molecule has 1 aromatic heterocycles. The number of halogens is 2. The van der Waals surface area contributed by atoms with Gasteiger partial charge in [-0.1, -0.05) is 43.1 Å². The summed E-state index contributed by atoms with van der Waals surface area (Å²) in [5, 5.41) is 4.32. The Morgan fingerprint density at radius 3 is 2.75 bits per heavy atom. The molecule has 2 aliphatic rings. The Labute approximate surface area is 200 Å². The molecule has 32 heavy (non-hydrogen) atoms. The van der Waals surface area contributed by atoms with E-state index in [9.17, 15) is 4.79 Å². The van der Waals surface area contributed by atoms with Crippen LogP contribution in [0.25, 0.3) is 0 Å². The van der Waals surface area contributed by atoms with Crippen molar-refractivity contribution in [3.05, 3.63) is 57.1 Å². The largest absolute Gasteiger partial charge is 0.330 e. The molecule has 2 aromatic rings. The minimum atomic E-state index is -0.159. The molecule has 1 aromatic carbocycles. The van der Waals surface area contributed by atoms with Crippen molar-refractivity contribution in [3.8, 4) is 0 Å². The number of urea groups is 1. The van der Waals surface area contributed by atoms with Crippen LogP contribution in [0.2, 0.25) is 10.0 Å². The molecule has 2 aliphatic heterocycles. The van der Waals surface area contributed by atoms with E-state index >= 15 is 0 Å². The van der Waals surface area contributed by atoms with Gasteiger partial charge in [0.1, 0.15) is 5.82 Å². The number of nitrogens with zero attached hydrogens (tertiary/aromatic N) is 4. The maximum Gasteiger partial charge on any atom is 0.318 e. The van der Waals surface area contributed by atoms with E-state index in [4.69, 9.17) is 28.2 Å². The van der Waals surface area contributed by atoms with Crippen molar-refractivity contribution >= 4 is 29.2 Å². The second kappa shape index (κ2) is 9.94. The first kappa shape index (κ1) is 23.3. The number of fused-ring (bicyclic) bond motifs is 1. The van der Waals surface area contributed by atoms with Gasteiger partial charge in [0, 0.05) is 25.2 Å². The number of amides is 2. The molecule has 0 radical (unpaired) electrons. The van der Waals surface area contributed by atoms with Crippen LogP contribution < -0.4 is 5.32 Å². The lowest BCUT2D eigenvalue weighted by Crippen LogP contribution is -2.48. The standard InChI is InChI=1S/C24H31Cl2N5O/c1-15(2)11-22-27-13-17-8-10-31(14-20(17)28-22)24(32)29-23(21-5-4-9-30(21)3)16-6-7-18(25)19(26)12-16/h6-7,12-13,15,21,23H,4-5,8-11,14H2,1-3H3,(H,29,32)/t21-,23+/m1/s1. The first-order valence-electron chi connectivity index (χ1n) is 11.4. The lowest BCUT2D eigenvalue weighted by molar-refractivity contribution is 0.175. The number of likely N-dealkylation sites (N-methyl/N-ethyl adjacent to an activating group) is 1. The Kier molecular flexibility index (Phi) is 7.23. The summed E-state index contributed by atoms with van der Waals surface area (Å²) >= 11 is 12.5. The van der Waals surface area contributed by atoms with Gasteiger partial charge in [0.2, 0.25) is 0 Å². The predicted molar refractivity (Wildman–Crippen MR) is 128 cm³/mol. The minimum absolute atomic E-state index is 0.0731. The number of nitrogens with one attached hydrogen (secondary N) is 1. The SMILES string of the molecule is CC(C)Cc1ncc2c(n1)CN(C(=O)N[C@@H](c1ccc(Cl)c(Cl)c1)[C@H]1CCCN1C)CC2. The molecule has 6 nitrogen and oxygen atoms in total. The van der Waals surface area contributed by atoms with Gasteiger partial charge in [-0.15, -0.1) is 0 Å². The van der Waals surface area contributed by atoms with Crippen LogP contribution in [0.3, 0.4) is 0 Å². The number of benzene rings is 1. The molecule has 8 heteroatoms. The Morgan fingerprint density at radius 1 is 1.25 bits per heavy atom. The van der Waals surface area contributed by atoms with Crippen molar-refractivity contribution in [3.63, 3.8) is 0 Å². The van der Waals surface area contributed by atoms with E-state index in [1.54, 1.807) is 6.07 Å². The maximum atomic E-state index is 13.4. The predicted octanol–water partition coefficient (Wildman–Crippen LogP) is 4.89. The molecule has 0 bridgehead atoms. The van der Waals surface area contributed by atoms with Crippen LogP contribution in [0, 0.1) is 5.92 Å². The third-order valence-corrected chi connectivity index (χ3v) is 7.16. The summed E-state index contributed by atoms with van der Waals surface area (Å²) in [6, 6.07) is 5.62. The molecule has 3 heterocycles. The zero-order chi connectivity index (χ0) is 22.8. The van der Waals surface area contributed by atoms with E-state index in [0.29, 0.717) is 29.1 Å². The first-order chi connectivity index (χ1) is 15.3. The number of hydrogen-bond acceptors (Lipinski definition) is 4. The van der Waals surface area contributed by atoms with Crippen molar-refractivity contribution in [1.29, 1.82) is 0 Å². The van der Waals surface area contributed by atoms with Crippen molar-refractivity contribution in [2.45, 2.75) is 58.2 Å². The Hall–Kier alpha value is -1.89. The highest BCUT2D eigenvalue weighted by molar-refractivity contribution is 6.42. The zero-order valence-electron chi connectivity index (χ0n) is 18.9. The van der Waals surface area contributed by atoms with E-state index in [1.165, 1.54) is 0 Å². The molecule has 2 atom stereocenters. The lowest BCUT2D eigenvalue weighted by Gasteiger charge is -2.34. The average Bonchev–Trinajstić information content (AvgIpc) is 3.18. The molecule has 1 saturated heterocycles. The average molecular weight is 476 g/mol. The maximum absolute atomic E-state index is 13.4. The van der Waals surface area contributed by atoms with Crippen LogP contribution in [-0.4, -0.2) is 52.0 Å². The van der Waals surface area contributed by atoms with Crippen LogP contribution in [-0.2, 0) is 19.4 Å². The van der Waals surface area contributed by atoms with Gasteiger partial charge in [0.15, 0.2) is 0 Å². The summed E-state index contributed by atoms with van der Waals surface area (Å²) in [5.41, 5.74) is 3.07. The lowest BCUT2D eigenvalue weighted by atomic mass is 9.97. The molecule has 172 valence electrons. The first-order valence-corrected chi connectivity index (χ1v) is 12.1. The number of likely N-dealkylation sites (tertiary alicyclic amines) is 1. The highest BCUT2D eigenvalue weighted by Crippen LogP contribution is 2.32. The molecule has 4 rings (SSSR count). The van der Waals surface area contributed by atoms with E-state index in [2.05, 4.69) is 36.1 Å². The van der Waals surface area contributed by atoms with Gasteiger partial charge < -0.3 is 15.1 Å². The molecule has 1 N–H and O–H groups in total. The van der Waals surface area contributed by atoms with Crippen LogP contribution in [0.5, 0.6) is 0 Å². The second-order valence-corrected chi connectivity index (χ2v) is 10.1. The molecule has 0 spiro atoms. The second-order valence-electron chi connectivity index (χ2n) is 9.32. The number of aromatic nitrogens is 2. The molecule has 1 fully saturated rings. The van der Waals surface area contributed by atoms with Crippen molar-refractivity contribution in [1.82, 2.24) is 25.1 Å². The molecule has 2 amide bonds. The molecular formula is C24H31Cl2N5O. The summed E-state index contributed by atoms with van der Waals surface area (Å²) in [6.45, 7) is 6.49. The van der Waals surface area contributed by atoms with Gasteiger partial charge in [0.05, 0.1) is 28.3 Å². The van der Waals surface area contributed by atoms with Crippen LogP contribution in [0.15, 0.2) is 24.4 Å². The van der Waals surface area contributed by atoms with Crippen LogP contribution in [0.4, 0.5) is 4.79 Å². The van der Waals surface area contributed by atoms with Crippen molar-refractivity contribution < 1.29 is 4.79 Å². The van der Waals surface area contributed by atoms with E-state index in [1.807, 2.05) is 23.2 Å². The van der Waals surface area contributed by atoms with Gasteiger partial charge >= 0.3 is 6.03 Å². The summed E-state index contributed by atoms with van der Waals surface area (Å²) in [6.07, 6.45) is 5.68. The van der Waals surface area contributed by atoms with E-state index in [-0.39, 0.29) is 18.1 Å². The number of carbonyl (C=O) groups is 1. The Balaban J connectivity index is 1.53. The van der Waals surface area contributed by atoms with Gasteiger partial charge in [-0.05, 0) is 62.0 Å². The van der Waals surface area contributed by atoms with E-state index < -0.39 is 0 Å². The fourth-order valence-electron chi connectivity index (χ4n) is 4.67. The monoisotopic (exact) mass is 475 g/mol. The fourth-order valence-corrected chi connectivity index (χ4v) is 4.98. The number of hydrogen-bond donors (Lipinski definition) is 1. The van der Waals surface area contributed by atoms with Gasteiger partial charge in [-0.2, -0.15) is 0 Å². The van der Waals surface area contributed by atoms with Crippen LogP contribution in [0.1, 0.15) is 55.4 Å². The summed E-state index contributed by atoms with van der Waals surface area (Å²) in [7, 11) is 2.11.